The van der Waals surface area contributed by atoms with Gasteiger partial charge in [0, 0.05) is 23.5 Å². The molecule has 0 heterocycles. The van der Waals surface area contributed by atoms with Crippen LogP contribution >= 0.6 is 12.6 Å². The summed E-state index contributed by atoms with van der Waals surface area (Å²) in [5.41, 5.74) is 0. The molecular weight excluding hydrogens is 260 g/mol. The van der Waals surface area contributed by atoms with Gasteiger partial charge in [-0.3, -0.25) is 4.79 Å². The van der Waals surface area contributed by atoms with Crippen LogP contribution in [0.5, 0.6) is 0 Å². The number of thiol groups is 1. The molecule has 2 nitrogen and oxygen atoms in total. The number of carbonyl (C=O) groups excluding carboxylic acids is 1. The average molecular weight is 284 g/mol. The summed E-state index contributed by atoms with van der Waals surface area (Å²) in [6.07, 6.45) is 5.07. The first kappa shape index (κ1) is 20.7. The summed E-state index contributed by atoms with van der Waals surface area (Å²) in [5, 5.41) is 0. The zero-order valence-electron chi connectivity index (χ0n) is 10.0. The van der Waals surface area contributed by atoms with E-state index >= 15 is 0 Å². The maximum absolute atomic E-state index is 10.5. The summed E-state index contributed by atoms with van der Waals surface area (Å²) in [7, 11) is 0. The molecule has 0 saturated carbocycles. The first-order valence-electron chi connectivity index (χ1n) is 5.49. The Morgan fingerprint density at radius 2 is 1.67 bits per heavy atom. The van der Waals surface area contributed by atoms with Crippen molar-refractivity contribution >= 4 is 18.6 Å². The summed E-state index contributed by atoms with van der Waals surface area (Å²) in [6, 6.07) is 0. The molecule has 1 radical (unpaired) electrons. The Hall–Kier alpha value is 0.339. The van der Waals surface area contributed by atoms with Gasteiger partial charge in [0.25, 0.3) is 0 Å². The molecular formula is C11H24CuO2S. The quantitative estimate of drug-likeness (QED) is 0.350. The van der Waals surface area contributed by atoms with Crippen molar-refractivity contribution in [1.82, 2.24) is 0 Å². The van der Waals surface area contributed by atoms with E-state index in [1.807, 2.05) is 0 Å². The van der Waals surface area contributed by atoms with Gasteiger partial charge in [-0.15, -0.1) is 0 Å². The topological polar surface area (TPSA) is 26.3 Å². The first-order chi connectivity index (χ1) is 6.72. The van der Waals surface area contributed by atoms with Crippen LogP contribution in [0.4, 0.5) is 0 Å². The molecule has 0 atom stereocenters. The molecule has 4 heteroatoms. The van der Waals surface area contributed by atoms with E-state index in [-0.39, 0.29) is 23.0 Å². The molecule has 0 unspecified atom stereocenters. The molecule has 0 aromatic rings. The van der Waals surface area contributed by atoms with E-state index in [0.29, 0.717) is 13.0 Å². The Balaban J connectivity index is -0.000000208. The normalized spacial score (nSPS) is 8.27. The Bertz CT molecular complexity index is 119. The summed E-state index contributed by atoms with van der Waals surface area (Å²) >= 11 is 4.00. The summed E-state index contributed by atoms with van der Waals surface area (Å²) in [5.74, 6) is 0.944. The predicted octanol–water partition coefficient (Wildman–Crippen LogP) is 3.45. The molecule has 0 N–H and O–H groups in total. The Morgan fingerprint density at radius 3 is 1.93 bits per heavy atom. The van der Waals surface area contributed by atoms with Crippen molar-refractivity contribution in [2.24, 2.45) is 0 Å². The first-order valence-corrected chi connectivity index (χ1v) is 6.12. The predicted molar refractivity (Wildman–Crippen MR) is 64.9 cm³/mol. The van der Waals surface area contributed by atoms with Crippen molar-refractivity contribution in [3.05, 3.63) is 0 Å². The van der Waals surface area contributed by atoms with Crippen LogP contribution in [0, 0.1) is 0 Å². The molecule has 0 rings (SSSR count). The van der Waals surface area contributed by atoms with Crippen LogP contribution in [0.1, 0.15) is 52.9 Å². The maximum atomic E-state index is 10.5. The molecule has 97 valence electrons. The van der Waals surface area contributed by atoms with Crippen LogP contribution in [0.25, 0.3) is 0 Å². The standard InChI is InChI=1S/C7H14O2.C4H10S.Cu/c1-3-5-6-9-7(8)4-2;1-2-3-4-5;/h3-6H2,1-2H3;5H,2-4H2,1H3;. The second-order valence-corrected chi connectivity index (χ2v) is 3.45. The fourth-order valence-electron chi connectivity index (χ4n) is 0.591. The van der Waals surface area contributed by atoms with Crippen LogP contribution in [-0.2, 0) is 26.6 Å². The summed E-state index contributed by atoms with van der Waals surface area (Å²) < 4.78 is 4.79. The van der Waals surface area contributed by atoms with Crippen LogP contribution in [0.3, 0.4) is 0 Å². The van der Waals surface area contributed by atoms with Crippen molar-refractivity contribution in [2.75, 3.05) is 12.4 Å². The second-order valence-electron chi connectivity index (χ2n) is 3.00. The van der Waals surface area contributed by atoms with Gasteiger partial charge in [-0.25, -0.2) is 0 Å². The van der Waals surface area contributed by atoms with Gasteiger partial charge in [0.1, 0.15) is 0 Å². The Labute approximate surface area is 110 Å². The van der Waals surface area contributed by atoms with E-state index in [9.17, 15) is 4.79 Å². The zero-order valence-corrected chi connectivity index (χ0v) is 11.9. The largest absolute Gasteiger partial charge is 0.466 e. The van der Waals surface area contributed by atoms with Gasteiger partial charge in [0.05, 0.1) is 6.61 Å². The maximum Gasteiger partial charge on any atom is 0.305 e. The van der Waals surface area contributed by atoms with Gasteiger partial charge >= 0.3 is 5.97 Å². The van der Waals surface area contributed by atoms with E-state index < -0.39 is 0 Å². The number of hydrogen-bond acceptors (Lipinski definition) is 3. The molecule has 0 amide bonds. The van der Waals surface area contributed by atoms with Crippen LogP contribution < -0.4 is 0 Å². The summed E-state index contributed by atoms with van der Waals surface area (Å²) in [6.45, 7) is 6.62. The SMILES string of the molecule is CCCCOC(=O)CC.CCCCS.[Cu]. The third kappa shape index (κ3) is 25.0. The van der Waals surface area contributed by atoms with Crippen LogP contribution in [0.15, 0.2) is 0 Å². The fraction of sp³-hybridized carbons (Fsp3) is 0.909. The third-order valence-corrected chi connectivity index (χ3v) is 1.88. The number of ether oxygens (including phenoxy) is 1. The minimum absolute atomic E-state index is 0. The van der Waals surface area contributed by atoms with E-state index in [1.54, 1.807) is 6.92 Å². The average Bonchev–Trinajstić information content (AvgIpc) is 2.20. The molecule has 0 aliphatic carbocycles. The van der Waals surface area contributed by atoms with Crippen LogP contribution in [0.2, 0.25) is 0 Å². The number of hydrogen-bond donors (Lipinski definition) is 1. The molecule has 0 aliphatic heterocycles. The van der Waals surface area contributed by atoms with E-state index in [0.717, 1.165) is 18.6 Å². The number of rotatable bonds is 6. The van der Waals surface area contributed by atoms with E-state index in [2.05, 4.69) is 26.5 Å². The van der Waals surface area contributed by atoms with Gasteiger partial charge in [0.15, 0.2) is 0 Å². The van der Waals surface area contributed by atoms with Gasteiger partial charge in [-0.1, -0.05) is 33.6 Å². The molecule has 0 spiro atoms. The van der Waals surface area contributed by atoms with Crippen molar-refractivity contribution < 1.29 is 26.6 Å². The number of carbonyl (C=O) groups is 1. The molecule has 0 fully saturated rings. The third-order valence-electron chi connectivity index (χ3n) is 1.56. The van der Waals surface area contributed by atoms with Gasteiger partial charge in [0.2, 0.25) is 0 Å². The molecule has 15 heavy (non-hydrogen) atoms. The molecule has 0 aromatic heterocycles. The number of esters is 1. The minimum atomic E-state index is -0.0940. The van der Waals surface area contributed by atoms with E-state index in [1.165, 1.54) is 12.8 Å². The summed E-state index contributed by atoms with van der Waals surface area (Å²) in [4.78, 5) is 10.5. The molecule has 0 aromatic carbocycles. The van der Waals surface area contributed by atoms with Crippen LogP contribution in [-0.4, -0.2) is 18.3 Å². The Kier molecular flexibility index (Phi) is 27.4. The van der Waals surface area contributed by atoms with Crippen molar-refractivity contribution in [3.8, 4) is 0 Å². The van der Waals surface area contributed by atoms with Gasteiger partial charge in [-0.2, -0.15) is 12.6 Å². The number of unbranched alkanes of at least 4 members (excludes halogenated alkanes) is 2. The molecule has 0 saturated heterocycles. The van der Waals surface area contributed by atoms with Crippen molar-refractivity contribution in [1.29, 1.82) is 0 Å². The second kappa shape index (κ2) is 19.8. The van der Waals surface area contributed by atoms with Crippen molar-refractivity contribution in [2.45, 2.75) is 52.9 Å². The minimum Gasteiger partial charge on any atom is -0.466 e. The monoisotopic (exact) mass is 283 g/mol. The zero-order chi connectivity index (χ0) is 11.2. The fourth-order valence-corrected chi connectivity index (χ4v) is 0.907. The molecule has 0 bridgehead atoms. The smallest absolute Gasteiger partial charge is 0.305 e. The van der Waals surface area contributed by atoms with Gasteiger partial charge in [-0.05, 0) is 18.6 Å². The molecule has 0 aliphatic rings. The van der Waals surface area contributed by atoms with Gasteiger partial charge < -0.3 is 4.74 Å². The Morgan fingerprint density at radius 1 is 1.13 bits per heavy atom. The van der Waals surface area contributed by atoms with Crippen molar-refractivity contribution in [3.63, 3.8) is 0 Å². The van der Waals surface area contributed by atoms with E-state index in [4.69, 9.17) is 4.74 Å².